The van der Waals surface area contributed by atoms with Crippen LogP contribution in [0.25, 0.3) is 0 Å². The zero-order valence-electron chi connectivity index (χ0n) is 16.6. The average molecular weight is 363 g/mol. The molecule has 0 heterocycles. The van der Waals surface area contributed by atoms with Crippen molar-refractivity contribution >= 4 is 11.9 Å². The number of para-hydroxylation sites is 2. The molecule has 0 amide bonds. The van der Waals surface area contributed by atoms with Crippen LogP contribution in [0.2, 0.25) is 0 Å². The van der Waals surface area contributed by atoms with Gasteiger partial charge < -0.3 is 9.47 Å². The van der Waals surface area contributed by atoms with E-state index in [0.717, 1.165) is 44.4 Å². The topological polar surface area (TPSA) is 52.6 Å². The standard InChI is InChI=1S/C22H34O4/c1-4-5-8-16-21(23)25-19-14-11-12-15-20(19)26-22(24)17-10-7-6-9-13-18(2)3/h11-12,14-15,18H,4-10,13,16-17H2,1-3H3. The van der Waals surface area contributed by atoms with E-state index in [9.17, 15) is 9.59 Å². The summed E-state index contributed by atoms with van der Waals surface area (Å²) in [7, 11) is 0. The molecule has 0 radical (unpaired) electrons. The molecule has 0 aliphatic heterocycles. The monoisotopic (exact) mass is 362 g/mol. The molecular formula is C22H34O4. The molecule has 0 aliphatic rings. The fraction of sp³-hybridized carbons (Fsp3) is 0.636. The molecule has 4 nitrogen and oxygen atoms in total. The van der Waals surface area contributed by atoms with E-state index in [1.807, 2.05) is 0 Å². The number of carbonyl (C=O) groups excluding carboxylic acids is 2. The van der Waals surface area contributed by atoms with Crippen molar-refractivity contribution < 1.29 is 19.1 Å². The molecule has 26 heavy (non-hydrogen) atoms. The maximum absolute atomic E-state index is 12.0. The van der Waals surface area contributed by atoms with Crippen LogP contribution in [-0.2, 0) is 9.59 Å². The first-order chi connectivity index (χ1) is 12.5. The minimum atomic E-state index is -0.285. The highest BCUT2D eigenvalue weighted by Crippen LogP contribution is 2.27. The Kier molecular flexibility index (Phi) is 11.4. The maximum Gasteiger partial charge on any atom is 0.311 e. The SMILES string of the molecule is CCCCCC(=O)Oc1ccccc1OC(=O)CCCCCCC(C)C. The number of benzene rings is 1. The van der Waals surface area contributed by atoms with Gasteiger partial charge in [0.1, 0.15) is 0 Å². The smallest absolute Gasteiger partial charge is 0.311 e. The Bertz CT molecular complexity index is 537. The lowest BCUT2D eigenvalue weighted by Gasteiger charge is -2.10. The molecular weight excluding hydrogens is 328 g/mol. The third kappa shape index (κ3) is 10.2. The zero-order valence-corrected chi connectivity index (χ0v) is 16.6. The summed E-state index contributed by atoms with van der Waals surface area (Å²) in [6.45, 7) is 6.54. The van der Waals surface area contributed by atoms with Crippen LogP contribution in [0.15, 0.2) is 24.3 Å². The lowest BCUT2D eigenvalue weighted by molar-refractivity contribution is -0.137. The highest BCUT2D eigenvalue weighted by atomic mass is 16.6. The van der Waals surface area contributed by atoms with E-state index in [1.165, 1.54) is 12.8 Å². The Morgan fingerprint density at radius 1 is 0.808 bits per heavy atom. The summed E-state index contributed by atoms with van der Waals surface area (Å²) in [6.07, 6.45) is 9.11. The molecule has 0 fully saturated rings. The first kappa shape index (κ1) is 22.2. The minimum absolute atomic E-state index is 0.275. The fourth-order valence-electron chi connectivity index (χ4n) is 2.66. The van der Waals surface area contributed by atoms with Crippen molar-refractivity contribution in [3.05, 3.63) is 24.3 Å². The maximum atomic E-state index is 12.0. The van der Waals surface area contributed by atoms with Crippen LogP contribution in [0.1, 0.15) is 85.0 Å². The van der Waals surface area contributed by atoms with Crippen LogP contribution in [0.4, 0.5) is 0 Å². The second kappa shape index (κ2) is 13.4. The van der Waals surface area contributed by atoms with E-state index < -0.39 is 0 Å². The Morgan fingerprint density at radius 2 is 1.31 bits per heavy atom. The van der Waals surface area contributed by atoms with E-state index >= 15 is 0 Å². The number of esters is 2. The van der Waals surface area contributed by atoms with Gasteiger partial charge in [0.05, 0.1) is 0 Å². The van der Waals surface area contributed by atoms with Crippen LogP contribution in [-0.4, -0.2) is 11.9 Å². The summed E-state index contributed by atoms with van der Waals surface area (Å²) in [5, 5.41) is 0. The van der Waals surface area contributed by atoms with Crippen LogP contribution in [0, 0.1) is 5.92 Å². The first-order valence-electron chi connectivity index (χ1n) is 10.0. The van der Waals surface area contributed by atoms with Crippen molar-refractivity contribution in [3.8, 4) is 11.5 Å². The highest BCUT2D eigenvalue weighted by molar-refractivity contribution is 5.76. The van der Waals surface area contributed by atoms with E-state index in [4.69, 9.17) is 9.47 Å². The van der Waals surface area contributed by atoms with Gasteiger partial charge in [-0.05, 0) is 30.9 Å². The number of rotatable bonds is 13. The van der Waals surface area contributed by atoms with Crippen LogP contribution < -0.4 is 9.47 Å². The summed E-state index contributed by atoms with van der Waals surface area (Å²) in [6, 6.07) is 6.85. The Hall–Kier alpha value is -1.84. The van der Waals surface area contributed by atoms with Gasteiger partial charge in [-0.15, -0.1) is 0 Å². The summed E-state index contributed by atoms with van der Waals surface area (Å²) in [5.74, 6) is 0.817. The van der Waals surface area contributed by atoms with Gasteiger partial charge in [-0.3, -0.25) is 9.59 Å². The van der Waals surface area contributed by atoms with Crippen molar-refractivity contribution in [1.29, 1.82) is 0 Å². The van der Waals surface area contributed by atoms with Gasteiger partial charge in [0.2, 0.25) is 0 Å². The van der Waals surface area contributed by atoms with Crippen molar-refractivity contribution in [1.82, 2.24) is 0 Å². The fourth-order valence-corrected chi connectivity index (χ4v) is 2.66. The van der Waals surface area contributed by atoms with Crippen molar-refractivity contribution in [2.75, 3.05) is 0 Å². The molecule has 0 saturated heterocycles. The van der Waals surface area contributed by atoms with Crippen LogP contribution in [0.3, 0.4) is 0 Å². The average Bonchev–Trinajstić information content (AvgIpc) is 2.59. The number of hydrogen-bond acceptors (Lipinski definition) is 4. The van der Waals surface area contributed by atoms with Crippen molar-refractivity contribution in [2.45, 2.75) is 85.0 Å². The van der Waals surface area contributed by atoms with Gasteiger partial charge in [-0.25, -0.2) is 0 Å². The molecule has 0 N–H and O–H groups in total. The molecule has 0 saturated carbocycles. The lowest BCUT2D eigenvalue weighted by atomic mass is 10.0. The largest absolute Gasteiger partial charge is 0.423 e. The number of unbranched alkanes of at least 4 members (excludes halogenated alkanes) is 5. The predicted octanol–water partition coefficient (Wildman–Crippen LogP) is 6.07. The Balaban J connectivity index is 2.37. The number of carbonyl (C=O) groups is 2. The number of hydrogen-bond donors (Lipinski definition) is 0. The summed E-state index contributed by atoms with van der Waals surface area (Å²) in [4.78, 5) is 23.9. The van der Waals surface area contributed by atoms with Gasteiger partial charge in [0.15, 0.2) is 11.5 Å². The Labute approximate surface area is 158 Å². The zero-order chi connectivity index (χ0) is 19.2. The van der Waals surface area contributed by atoms with E-state index in [-0.39, 0.29) is 11.9 Å². The highest BCUT2D eigenvalue weighted by Gasteiger charge is 2.13. The molecule has 1 rings (SSSR count). The quantitative estimate of drug-likeness (QED) is 0.243. The third-order valence-electron chi connectivity index (χ3n) is 4.19. The third-order valence-corrected chi connectivity index (χ3v) is 4.19. The molecule has 1 aromatic carbocycles. The molecule has 1 aromatic rings. The second-order valence-electron chi connectivity index (χ2n) is 7.20. The van der Waals surface area contributed by atoms with Gasteiger partial charge in [-0.2, -0.15) is 0 Å². The molecule has 146 valence electrons. The molecule has 0 spiro atoms. The van der Waals surface area contributed by atoms with E-state index in [0.29, 0.717) is 24.3 Å². The first-order valence-corrected chi connectivity index (χ1v) is 10.0. The normalized spacial score (nSPS) is 10.8. The molecule has 0 atom stereocenters. The van der Waals surface area contributed by atoms with Gasteiger partial charge in [0.25, 0.3) is 0 Å². The minimum Gasteiger partial charge on any atom is -0.423 e. The second-order valence-corrected chi connectivity index (χ2v) is 7.20. The van der Waals surface area contributed by atoms with Crippen LogP contribution >= 0.6 is 0 Å². The number of ether oxygens (including phenoxy) is 2. The Morgan fingerprint density at radius 3 is 1.81 bits per heavy atom. The summed E-state index contributed by atoms with van der Waals surface area (Å²) < 4.78 is 10.8. The van der Waals surface area contributed by atoms with Gasteiger partial charge >= 0.3 is 11.9 Å². The van der Waals surface area contributed by atoms with Crippen LogP contribution in [0.5, 0.6) is 11.5 Å². The predicted molar refractivity (Wildman–Crippen MR) is 104 cm³/mol. The van der Waals surface area contributed by atoms with Crippen molar-refractivity contribution in [2.24, 2.45) is 5.92 Å². The summed E-state index contributed by atoms with van der Waals surface area (Å²) in [5.41, 5.74) is 0. The molecule has 4 heteroatoms. The molecule has 0 bridgehead atoms. The molecule has 0 aliphatic carbocycles. The van der Waals surface area contributed by atoms with Gasteiger partial charge in [-0.1, -0.05) is 71.4 Å². The van der Waals surface area contributed by atoms with E-state index in [2.05, 4.69) is 20.8 Å². The van der Waals surface area contributed by atoms with Crippen molar-refractivity contribution in [3.63, 3.8) is 0 Å². The van der Waals surface area contributed by atoms with Gasteiger partial charge in [0, 0.05) is 12.8 Å². The lowest BCUT2D eigenvalue weighted by Crippen LogP contribution is -2.12. The molecule has 0 unspecified atom stereocenters. The summed E-state index contributed by atoms with van der Waals surface area (Å²) >= 11 is 0. The molecule has 0 aromatic heterocycles. The van der Waals surface area contributed by atoms with E-state index in [1.54, 1.807) is 24.3 Å².